The van der Waals surface area contributed by atoms with Gasteiger partial charge in [0, 0.05) is 6.54 Å². The van der Waals surface area contributed by atoms with E-state index in [0.717, 1.165) is 17.1 Å². The molecule has 2 aliphatic rings. The van der Waals surface area contributed by atoms with Gasteiger partial charge in [0.2, 0.25) is 6.79 Å². The quantitative estimate of drug-likeness (QED) is 0.883. The van der Waals surface area contributed by atoms with Gasteiger partial charge in [-0.25, -0.2) is 0 Å². The van der Waals surface area contributed by atoms with Crippen LogP contribution in [-0.4, -0.2) is 44.5 Å². The lowest BCUT2D eigenvalue weighted by Gasteiger charge is -2.25. The monoisotopic (exact) mass is 356 g/mol. The maximum Gasteiger partial charge on any atom is 0.321 e. The van der Waals surface area contributed by atoms with E-state index in [0.29, 0.717) is 18.0 Å². The number of amides is 1. The number of carbonyl (C=O) groups excluding carboxylic acids is 1. The summed E-state index contributed by atoms with van der Waals surface area (Å²) >= 11 is 0. The van der Waals surface area contributed by atoms with Gasteiger partial charge in [-0.05, 0) is 43.9 Å². The van der Waals surface area contributed by atoms with Gasteiger partial charge in [-0.3, -0.25) is 4.79 Å². The minimum atomic E-state index is -0.966. The van der Waals surface area contributed by atoms with E-state index in [4.69, 9.17) is 18.9 Å². The summed E-state index contributed by atoms with van der Waals surface area (Å²) in [5, 5.41) is 2.90. The zero-order valence-electron chi connectivity index (χ0n) is 14.6. The third-order valence-corrected chi connectivity index (χ3v) is 4.41. The van der Waals surface area contributed by atoms with Crippen LogP contribution in [0.4, 0.5) is 0 Å². The Kier molecular flexibility index (Phi) is 4.30. The van der Waals surface area contributed by atoms with Crippen molar-refractivity contribution in [2.24, 2.45) is 0 Å². The summed E-state index contributed by atoms with van der Waals surface area (Å²) in [7, 11) is 3.92. The Morgan fingerprint density at radius 2 is 1.77 bits per heavy atom. The summed E-state index contributed by atoms with van der Waals surface area (Å²) in [6.45, 7) is 0.643. The average Bonchev–Trinajstić information content (AvgIpc) is 3.27. The molecule has 2 aromatic rings. The van der Waals surface area contributed by atoms with Gasteiger partial charge in [-0.2, -0.15) is 0 Å². The zero-order valence-corrected chi connectivity index (χ0v) is 14.6. The highest BCUT2D eigenvalue weighted by Gasteiger charge is 2.31. The Balaban J connectivity index is 1.41. The molecule has 2 aliphatic heterocycles. The molecule has 2 aromatic carbocycles. The molecule has 1 amide bonds. The van der Waals surface area contributed by atoms with Gasteiger partial charge in [0.05, 0.1) is 6.04 Å². The van der Waals surface area contributed by atoms with Crippen LogP contribution in [0.15, 0.2) is 42.5 Å². The summed E-state index contributed by atoms with van der Waals surface area (Å²) in [5.41, 5.74) is 1.02. The third kappa shape index (κ3) is 3.13. The standard InChI is InChI=1S/C19H20N2O5/c1-21(2)13(12-7-8-14-17(9-12)24-11-23-14)10-20-18(22)19-25-15-5-3-4-6-16(15)26-19/h3-9,13,19H,10-11H2,1-2H3,(H,20,22)/t13-/m1/s1. The molecule has 136 valence electrons. The molecular formula is C19H20N2O5. The minimum absolute atomic E-state index is 0.0303. The first kappa shape index (κ1) is 16.5. The Hall–Kier alpha value is -2.93. The SMILES string of the molecule is CN(C)[C@H](CNC(=O)C1Oc2ccccc2O1)c1ccc2c(c1)OCO2. The van der Waals surface area contributed by atoms with Crippen LogP contribution in [0.3, 0.4) is 0 Å². The number of carbonyl (C=O) groups is 1. The van der Waals surface area contributed by atoms with Crippen LogP contribution >= 0.6 is 0 Å². The molecule has 0 saturated carbocycles. The second-order valence-corrected chi connectivity index (χ2v) is 6.35. The Morgan fingerprint density at radius 1 is 1.08 bits per heavy atom. The Bertz CT molecular complexity index is 798. The third-order valence-electron chi connectivity index (χ3n) is 4.41. The number of benzene rings is 2. The van der Waals surface area contributed by atoms with Crippen molar-refractivity contribution in [1.29, 1.82) is 0 Å². The molecule has 1 N–H and O–H groups in total. The van der Waals surface area contributed by atoms with Gasteiger partial charge in [-0.1, -0.05) is 18.2 Å². The number of ether oxygens (including phenoxy) is 4. The van der Waals surface area contributed by atoms with Crippen LogP contribution < -0.4 is 24.3 Å². The van der Waals surface area contributed by atoms with E-state index in [1.54, 1.807) is 12.1 Å². The summed E-state index contributed by atoms with van der Waals surface area (Å²) in [6, 6.07) is 13.0. The lowest BCUT2D eigenvalue weighted by Crippen LogP contribution is -2.43. The topological polar surface area (TPSA) is 69.3 Å². The van der Waals surface area contributed by atoms with Crippen LogP contribution in [-0.2, 0) is 4.79 Å². The summed E-state index contributed by atoms with van der Waals surface area (Å²) in [5.74, 6) is 2.30. The first-order valence-electron chi connectivity index (χ1n) is 8.38. The van der Waals surface area contributed by atoms with E-state index in [2.05, 4.69) is 5.32 Å². The molecule has 0 fully saturated rings. The van der Waals surface area contributed by atoms with Crippen LogP contribution in [0.1, 0.15) is 11.6 Å². The molecule has 26 heavy (non-hydrogen) atoms. The van der Waals surface area contributed by atoms with Crippen molar-refractivity contribution in [2.75, 3.05) is 27.4 Å². The molecule has 0 aromatic heterocycles. The molecular weight excluding hydrogens is 336 g/mol. The zero-order chi connectivity index (χ0) is 18.1. The molecule has 0 spiro atoms. The van der Waals surface area contributed by atoms with Gasteiger partial charge in [-0.15, -0.1) is 0 Å². The van der Waals surface area contributed by atoms with Crippen molar-refractivity contribution in [1.82, 2.24) is 10.2 Å². The highest BCUT2D eigenvalue weighted by molar-refractivity contribution is 5.81. The molecule has 7 nitrogen and oxygen atoms in total. The lowest BCUT2D eigenvalue weighted by atomic mass is 10.1. The highest BCUT2D eigenvalue weighted by Crippen LogP contribution is 2.35. The number of hydrogen-bond acceptors (Lipinski definition) is 6. The van der Waals surface area contributed by atoms with Crippen molar-refractivity contribution < 1.29 is 23.7 Å². The van der Waals surface area contributed by atoms with Crippen molar-refractivity contribution in [3.8, 4) is 23.0 Å². The maximum atomic E-state index is 12.4. The van der Waals surface area contributed by atoms with Gasteiger partial charge in [0.1, 0.15) is 0 Å². The summed E-state index contributed by atoms with van der Waals surface area (Å²) in [4.78, 5) is 14.5. The largest absolute Gasteiger partial charge is 0.454 e. The molecule has 2 heterocycles. The Morgan fingerprint density at radius 3 is 2.46 bits per heavy atom. The molecule has 4 rings (SSSR count). The van der Waals surface area contributed by atoms with Crippen LogP contribution in [0.2, 0.25) is 0 Å². The van der Waals surface area contributed by atoms with Gasteiger partial charge in [0.15, 0.2) is 23.0 Å². The number of nitrogens with zero attached hydrogens (tertiary/aromatic N) is 1. The number of hydrogen-bond donors (Lipinski definition) is 1. The average molecular weight is 356 g/mol. The molecule has 7 heteroatoms. The molecule has 1 atom stereocenters. The number of fused-ring (bicyclic) bond motifs is 2. The van der Waals surface area contributed by atoms with Crippen LogP contribution in [0, 0.1) is 0 Å². The fourth-order valence-electron chi connectivity index (χ4n) is 3.01. The molecule has 0 unspecified atom stereocenters. The number of rotatable bonds is 5. The predicted molar refractivity (Wildman–Crippen MR) is 93.5 cm³/mol. The smallest absolute Gasteiger partial charge is 0.321 e. The van der Waals surface area contributed by atoms with E-state index in [1.165, 1.54) is 0 Å². The molecule has 0 saturated heterocycles. The molecule has 0 radical (unpaired) electrons. The maximum absolute atomic E-state index is 12.4. The Labute approximate surface area is 151 Å². The summed E-state index contributed by atoms with van der Waals surface area (Å²) < 4.78 is 21.9. The van der Waals surface area contributed by atoms with Crippen molar-refractivity contribution in [3.05, 3.63) is 48.0 Å². The van der Waals surface area contributed by atoms with Gasteiger partial charge >= 0.3 is 12.2 Å². The van der Waals surface area contributed by atoms with Crippen LogP contribution in [0.25, 0.3) is 0 Å². The first-order valence-corrected chi connectivity index (χ1v) is 8.38. The van der Waals surface area contributed by atoms with Gasteiger partial charge in [0.25, 0.3) is 0 Å². The fourth-order valence-corrected chi connectivity index (χ4v) is 3.01. The lowest BCUT2D eigenvalue weighted by molar-refractivity contribution is -0.137. The van der Waals surface area contributed by atoms with Crippen LogP contribution in [0.5, 0.6) is 23.0 Å². The number of nitrogens with one attached hydrogen (secondary N) is 1. The van der Waals surface area contributed by atoms with E-state index in [-0.39, 0.29) is 18.7 Å². The minimum Gasteiger partial charge on any atom is -0.454 e. The number of para-hydroxylation sites is 2. The van der Waals surface area contributed by atoms with E-state index in [9.17, 15) is 4.79 Å². The second-order valence-electron chi connectivity index (χ2n) is 6.35. The highest BCUT2D eigenvalue weighted by atomic mass is 16.7. The van der Waals surface area contributed by atoms with E-state index in [1.807, 2.05) is 49.3 Å². The second kappa shape index (κ2) is 6.76. The van der Waals surface area contributed by atoms with Gasteiger partial charge < -0.3 is 29.2 Å². The predicted octanol–water partition coefficient (Wildman–Crippen LogP) is 1.93. The first-order chi connectivity index (χ1) is 12.6. The molecule has 0 aliphatic carbocycles. The van der Waals surface area contributed by atoms with Crippen molar-refractivity contribution in [2.45, 2.75) is 12.3 Å². The summed E-state index contributed by atoms with van der Waals surface area (Å²) in [6.07, 6.45) is -0.966. The van der Waals surface area contributed by atoms with E-state index >= 15 is 0 Å². The normalized spacial score (nSPS) is 16.0. The fraction of sp³-hybridized carbons (Fsp3) is 0.316. The number of likely N-dealkylation sites (N-methyl/N-ethyl adjacent to an activating group) is 1. The van der Waals surface area contributed by atoms with Crippen molar-refractivity contribution in [3.63, 3.8) is 0 Å². The molecule has 0 bridgehead atoms. The van der Waals surface area contributed by atoms with Crippen molar-refractivity contribution >= 4 is 5.91 Å². The van der Waals surface area contributed by atoms with E-state index < -0.39 is 6.29 Å².